The Kier molecular flexibility index (Phi) is 4.50. The first-order valence-corrected chi connectivity index (χ1v) is 5.47. The number of anilines is 1. The van der Waals surface area contributed by atoms with Gasteiger partial charge in [-0.15, -0.1) is 11.8 Å². The van der Waals surface area contributed by atoms with Crippen LogP contribution in [0.2, 0.25) is 5.02 Å². The van der Waals surface area contributed by atoms with Crippen molar-refractivity contribution in [3.8, 4) is 0 Å². The number of thioether (sulfide) groups is 1. The molecule has 0 aliphatic carbocycles. The van der Waals surface area contributed by atoms with Crippen molar-refractivity contribution in [2.24, 2.45) is 0 Å². The number of hydrogen-bond acceptors (Lipinski definition) is 2. The highest BCUT2D eigenvalue weighted by atomic mass is 35.5. The summed E-state index contributed by atoms with van der Waals surface area (Å²) in [5, 5.41) is 0.701. The summed E-state index contributed by atoms with van der Waals surface area (Å²) in [6, 6.07) is 5.43. The maximum absolute atomic E-state index is 5.82. The Morgan fingerprint density at radius 3 is 2.92 bits per heavy atom. The highest BCUT2D eigenvalue weighted by Gasteiger charge is 1.99. The molecule has 0 saturated heterocycles. The van der Waals surface area contributed by atoms with Crippen molar-refractivity contribution < 1.29 is 0 Å². The molecule has 2 N–H and O–H groups in total. The van der Waals surface area contributed by atoms with Gasteiger partial charge in [-0.05, 0) is 18.2 Å². The third kappa shape index (κ3) is 3.51. The number of benzene rings is 1. The smallest absolute Gasteiger partial charge is 0.0453 e. The van der Waals surface area contributed by atoms with Crippen LogP contribution in [0.15, 0.2) is 34.7 Å². The predicted molar refractivity (Wildman–Crippen MR) is 61.6 cm³/mol. The zero-order valence-electron chi connectivity index (χ0n) is 6.84. The lowest BCUT2D eigenvalue weighted by Crippen LogP contribution is -1.87. The predicted octanol–water partition coefficient (Wildman–Crippen LogP) is 3.77. The largest absolute Gasteiger partial charge is 0.398 e. The summed E-state index contributed by atoms with van der Waals surface area (Å²) in [5.41, 5.74) is 7.98. The molecule has 13 heavy (non-hydrogen) atoms. The molecule has 0 aromatic heterocycles. The maximum Gasteiger partial charge on any atom is 0.0453 e. The molecule has 0 amide bonds. The van der Waals surface area contributed by atoms with Gasteiger partial charge in [0.15, 0.2) is 0 Å². The molecule has 0 fully saturated rings. The molecule has 1 rings (SSSR count). The van der Waals surface area contributed by atoms with Gasteiger partial charge in [0.1, 0.15) is 0 Å². The second kappa shape index (κ2) is 5.43. The van der Waals surface area contributed by atoms with Crippen LogP contribution in [0.5, 0.6) is 0 Å². The van der Waals surface area contributed by atoms with Gasteiger partial charge < -0.3 is 5.73 Å². The average molecular weight is 234 g/mol. The van der Waals surface area contributed by atoms with E-state index in [1.807, 2.05) is 12.1 Å². The number of nitrogens with two attached hydrogens (primary N) is 1. The van der Waals surface area contributed by atoms with Crippen molar-refractivity contribution in [2.45, 2.75) is 4.90 Å². The molecular formula is C9H9Cl2NS. The van der Waals surface area contributed by atoms with E-state index in [0.29, 0.717) is 5.02 Å². The van der Waals surface area contributed by atoms with E-state index in [4.69, 9.17) is 28.9 Å². The molecule has 0 aliphatic heterocycles. The van der Waals surface area contributed by atoms with E-state index in [-0.39, 0.29) is 0 Å². The summed E-state index contributed by atoms with van der Waals surface area (Å²) < 4.78 is 0. The van der Waals surface area contributed by atoms with Crippen LogP contribution in [0, 0.1) is 0 Å². The van der Waals surface area contributed by atoms with E-state index in [0.717, 1.165) is 16.3 Å². The first-order chi connectivity index (χ1) is 6.24. The zero-order chi connectivity index (χ0) is 9.68. The highest BCUT2D eigenvalue weighted by Crippen LogP contribution is 2.27. The number of rotatable bonds is 3. The molecule has 4 heteroatoms. The van der Waals surface area contributed by atoms with E-state index < -0.39 is 0 Å². The molecule has 0 unspecified atom stereocenters. The van der Waals surface area contributed by atoms with Gasteiger partial charge in [-0.2, -0.15) is 0 Å². The summed E-state index contributed by atoms with van der Waals surface area (Å²) in [4.78, 5) is 0.988. The van der Waals surface area contributed by atoms with Gasteiger partial charge >= 0.3 is 0 Å². The molecule has 1 nitrogen and oxygen atoms in total. The van der Waals surface area contributed by atoms with Crippen molar-refractivity contribution in [2.75, 3.05) is 11.5 Å². The number of hydrogen-bond donors (Lipinski definition) is 1. The Bertz CT molecular complexity index is 312. The van der Waals surface area contributed by atoms with Gasteiger partial charge in [0.2, 0.25) is 0 Å². The molecule has 0 heterocycles. The van der Waals surface area contributed by atoms with E-state index in [9.17, 15) is 0 Å². The van der Waals surface area contributed by atoms with Crippen LogP contribution in [0.25, 0.3) is 0 Å². The SMILES string of the molecule is Nc1ccc(Cl)cc1SCC=CCl. The Labute approximate surface area is 91.9 Å². The lowest BCUT2D eigenvalue weighted by molar-refractivity contribution is 1.46. The number of nitrogen functional groups attached to an aromatic ring is 1. The topological polar surface area (TPSA) is 26.0 Å². The molecule has 1 aromatic rings. The third-order valence-electron chi connectivity index (χ3n) is 1.40. The molecule has 0 atom stereocenters. The minimum Gasteiger partial charge on any atom is -0.398 e. The van der Waals surface area contributed by atoms with Crippen molar-refractivity contribution in [3.05, 3.63) is 34.8 Å². The fourth-order valence-electron chi connectivity index (χ4n) is 0.807. The first kappa shape index (κ1) is 10.8. The Hall–Kier alpha value is -0.310. The van der Waals surface area contributed by atoms with E-state index >= 15 is 0 Å². The molecule has 0 spiro atoms. The Balaban J connectivity index is 2.69. The molecule has 70 valence electrons. The molecule has 0 bridgehead atoms. The maximum atomic E-state index is 5.82. The summed E-state index contributed by atoms with van der Waals surface area (Å²) >= 11 is 12.8. The van der Waals surface area contributed by atoms with Crippen LogP contribution >= 0.6 is 35.0 Å². The van der Waals surface area contributed by atoms with Gasteiger partial charge in [0, 0.05) is 26.9 Å². The standard InChI is InChI=1S/C9H9Cl2NS/c10-4-1-5-13-9-6-7(11)2-3-8(9)12/h1-4,6H,5,12H2. The molecule has 0 radical (unpaired) electrons. The van der Waals surface area contributed by atoms with E-state index in [1.54, 1.807) is 23.9 Å². The molecule has 0 saturated carbocycles. The lowest BCUT2D eigenvalue weighted by atomic mass is 10.3. The van der Waals surface area contributed by atoms with Crippen LogP contribution in [0.4, 0.5) is 5.69 Å². The quantitative estimate of drug-likeness (QED) is 0.636. The highest BCUT2D eigenvalue weighted by molar-refractivity contribution is 7.99. The average Bonchev–Trinajstić information content (AvgIpc) is 2.11. The summed E-state index contributed by atoms with van der Waals surface area (Å²) in [5.74, 6) is 0.800. The van der Waals surface area contributed by atoms with Gasteiger partial charge in [-0.3, -0.25) is 0 Å². The molecule has 0 aliphatic rings. The molecular weight excluding hydrogens is 225 g/mol. The van der Waals surface area contributed by atoms with Crippen LogP contribution in [-0.4, -0.2) is 5.75 Å². The van der Waals surface area contributed by atoms with Gasteiger partial charge in [0.05, 0.1) is 0 Å². The minimum absolute atomic E-state index is 0.701. The first-order valence-electron chi connectivity index (χ1n) is 3.67. The summed E-state index contributed by atoms with van der Waals surface area (Å²) in [6.45, 7) is 0. The summed E-state index contributed by atoms with van der Waals surface area (Å²) in [6.07, 6.45) is 1.85. The van der Waals surface area contributed by atoms with Gasteiger partial charge in [-0.1, -0.05) is 29.3 Å². The van der Waals surface area contributed by atoms with Gasteiger partial charge in [-0.25, -0.2) is 0 Å². The second-order valence-corrected chi connectivity index (χ2v) is 4.11. The normalized spacial score (nSPS) is 10.9. The lowest BCUT2D eigenvalue weighted by Gasteiger charge is -2.03. The van der Waals surface area contributed by atoms with E-state index in [1.165, 1.54) is 5.54 Å². The zero-order valence-corrected chi connectivity index (χ0v) is 9.16. The van der Waals surface area contributed by atoms with Crippen molar-refractivity contribution in [1.82, 2.24) is 0 Å². The van der Waals surface area contributed by atoms with Crippen LogP contribution in [0.3, 0.4) is 0 Å². The second-order valence-electron chi connectivity index (χ2n) is 2.35. The fraction of sp³-hybridized carbons (Fsp3) is 0.111. The van der Waals surface area contributed by atoms with Crippen LogP contribution in [-0.2, 0) is 0 Å². The number of halogens is 2. The Morgan fingerprint density at radius 1 is 1.46 bits per heavy atom. The van der Waals surface area contributed by atoms with Crippen molar-refractivity contribution in [3.63, 3.8) is 0 Å². The third-order valence-corrected chi connectivity index (χ3v) is 2.84. The van der Waals surface area contributed by atoms with E-state index in [2.05, 4.69) is 0 Å². The fourth-order valence-corrected chi connectivity index (χ4v) is 2.06. The van der Waals surface area contributed by atoms with Gasteiger partial charge in [0.25, 0.3) is 0 Å². The molecule has 1 aromatic carbocycles. The van der Waals surface area contributed by atoms with Crippen molar-refractivity contribution in [1.29, 1.82) is 0 Å². The minimum atomic E-state index is 0.701. The van der Waals surface area contributed by atoms with Crippen LogP contribution < -0.4 is 5.73 Å². The van der Waals surface area contributed by atoms with Crippen molar-refractivity contribution >= 4 is 40.7 Å². The Morgan fingerprint density at radius 2 is 2.23 bits per heavy atom. The summed E-state index contributed by atoms with van der Waals surface area (Å²) in [7, 11) is 0. The van der Waals surface area contributed by atoms with Crippen LogP contribution in [0.1, 0.15) is 0 Å². The monoisotopic (exact) mass is 233 g/mol.